The third-order valence-corrected chi connectivity index (χ3v) is 5.52. The van der Waals surface area contributed by atoms with Crippen LogP contribution in [0, 0.1) is 11.8 Å². The van der Waals surface area contributed by atoms with Gasteiger partial charge in [-0.1, -0.05) is 125 Å². The van der Waals surface area contributed by atoms with Crippen LogP contribution in [0.25, 0.3) is 0 Å². The van der Waals surface area contributed by atoms with E-state index in [-0.39, 0.29) is 0 Å². The molecule has 0 bridgehead atoms. The quantitative estimate of drug-likeness (QED) is 0.189. The summed E-state index contributed by atoms with van der Waals surface area (Å²) in [7, 11) is 0. The average Bonchev–Trinajstić information content (AvgIpc) is 2.63. The Bertz CT molecular complexity index is 327. The molecule has 0 radical (unpaired) electrons. The van der Waals surface area contributed by atoms with Gasteiger partial charge in [-0.15, -0.1) is 0 Å². The molecule has 0 aliphatic carbocycles. The SMILES string of the molecule is CCCCCCCCCCCCCCCCCC(=O)N(CC(C)C)CC(C)C. The second kappa shape index (κ2) is 19.8. The van der Waals surface area contributed by atoms with Crippen molar-refractivity contribution in [1.29, 1.82) is 0 Å². The Morgan fingerprint density at radius 3 is 1.21 bits per heavy atom. The molecule has 2 nitrogen and oxygen atoms in total. The van der Waals surface area contributed by atoms with E-state index in [4.69, 9.17) is 0 Å². The molecule has 0 aromatic rings. The van der Waals surface area contributed by atoms with Crippen molar-refractivity contribution in [3.63, 3.8) is 0 Å². The van der Waals surface area contributed by atoms with Crippen LogP contribution < -0.4 is 0 Å². The van der Waals surface area contributed by atoms with Gasteiger partial charge in [-0.05, 0) is 18.3 Å². The summed E-state index contributed by atoms with van der Waals surface area (Å²) in [4.78, 5) is 14.6. The second-order valence-electron chi connectivity index (χ2n) is 9.79. The summed E-state index contributed by atoms with van der Waals surface area (Å²) in [5.41, 5.74) is 0. The van der Waals surface area contributed by atoms with E-state index in [9.17, 15) is 4.79 Å². The zero-order valence-corrected chi connectivity index (χ0v) is 20.2. The Labute approximate surface area is 178 Å². The molecule has 0 N–H and O–H groups in total. The van der Waals surface area contributed by atoms with E-state index < -0.39 is 0 Å². The van der Waals surface area contributed by atoms with Crippen LogP contribution in [0.2, 0.25) is 0 Å². The molecule has 0 atom stereocenters. The van der Waals surface area contributed by atoms with Crippen LogP contribution in [-0.2, 0) is 4.79 Å². The highest BCUT2D eigenvalue weighted by Crippen LogP contribution is 2.14. The van der Waals surface area contributed by atoms with E-state index in [2.05, 4.69) is 39.5 Å². The number of carbonyl (C=O) groups excluding carboxylic acids is 1. The molecule has 1 amide bonds. The van der Waals surface area contributed by atoms with Gasteiger partial charge in [0.15, 0.2) is 0 Å². The first kappa shape index (κ1) is 27.5. The lowest BCUT2D eigenvalue weighted by Crippen LogP contribution is -2.36. The van der Waals surface area contributed by atoms with Crippen molar-refractivity contribution in [2.24, 2.45) is 11.8 Å². The predicted molar refractivity (Wildman–Crippen MR) is 126 cm³/mol. The van der Waals surface area contributed by atoms with E-state index >= 15 is 0 Å². The van der Waals surface area contributed by atoms with Gasteiger partial charge in [0.1, 0.15) is 0 Å². The third-order valence-electron chi connectivity index (χ3n) is 5.52. The highest BCUT2D eigenvalue weighted by molar-refractivity contribution is 5.76. The lowest BCUT2D eigenvalue weighted by Gasteiger charge is -2.26. The summed E-state index contributed by atoms with van der Waals surface area (Å²) in [5, 5.41) is 0. The molecule has 2 heteroatoms. The first-order chi connectivity index (χ1) is 13.5. The van der Waals surface area contributed by atoms with Gasteiger partial charge in [0.2, 0.25) is 5.91 Å². The van der Waals surface area contributed by atoms with Gasteiger partial charge < -0.3 is 4.90 Å². The Kier molecular flexibility index (Phi) is 19.4. The summed E-state index contributed by atoms with van der Waals surface area (Å²) in [6.45, 7) is 12.9. The minimum absolute atomic E-state index is 0.372. The van der Waals surface area contributed by atoms with E-state index in [1.807, 2.05) is 0 Å². The van der Waals surface area contributed by atoms with Crippen molar-refractivity contribution in [2.75, 3.05) is 13.1 Å². The van der Waals surface area contributed by atoms with Crippen LogP contribution in [0.1, 0.15) is 137 Å². The topological polar surface area (TPSA) is 20.3 Å². The second-order valence-corrected chi connectivity index (χ2v) is 9.79. The molecule has 0 unspecified atom stereocenters. The molecule has 0 saturated heterocycles. The molecule has 0 saturated carbocycles. The Hall–Kier alpha value is -0.530. The lowest BCUT2D eigenvalue weighted by atomic mass is 10.0. The molecule has 0 aliphatic heterocycles. The fourth-order valence-corrected chi connectivity index (χ4v) is 3.97. The molecule has 0 rings (SSSR count). The molecule has 0 aromatic carbocycles. The van der Waals surface area contributed by atoms with Crippen LogP contribution in [0.5, 0.6) is 0 Å². The van der Waals surface area contributed by atoms with Crippen LogP contribution in [-0.4, -0.2) is 23.9 Å². The fourth-order valence-electron chi connectivity index (χ4n) is 3.97. The summed E-state index contributed by atoms with van der Waals surface area (Å²) in [5.74, 6) is 1.49. The molecular weight excluding hydrogens is 342 g/mol. The smallest absolute Gasteiger partial charge is 0.222 e. The fraction of sp³-hybridized carbons (Fsp3) is 0.962. The zero-order valence-electron chi connectivity index (χ0n) is 20.2. The van der Waals surface area contributed by atoms with Gasteiger partial charge in [0.05, 0.1) is 0 Å². The maximum absolute atomic E-state index is 12.5. The maximum Gasteiger partial charge on any atom is 0.222 e. The van der Waals surface area contributed by atoms with Crippen LogP contribution >= 0.6 is 0 Å². The van der Waals surface area contributed by atoms with Crippen molar-refractivity contribution in [1.82, 2.24) is 4.90 Å². The molecule has 168 valence electrons. The van der Waals surface area contributed by atoms with Gasteiger partial charge in [0.25, 0.3) is 0 Å². The Morgan fingerprint density at radius 1 is 0.571 bits per heavy atom. The minimum Gasteiger partial charge on any atom is -0.342 e. The Balaban J connectivity index is 3.47. The molecule has 28 heavy (non-hydrogen) atoms. The van der Waals surface area contributed by atoms with Gasteiger partial charge >= 0.3 is 0 Å². The van der Waals surface area contributed by atoms with Gasteiger partial charge in [-0.25, -0.2) is 0 Å². The molecular formula is C26H53NO. The first-order valence-corrected chi connectivity index (χ1v) is 12.7. The monoisotopic (exact) mass is 395 g/mol. The van der Waals surface area contributed by atoms with Crippen molar-refractivity contribution in [3.05, 3.63) is 0 Å². The number of unbranched alkanes of at least 4 members (excludes halogenated alkanes) is 14. The first-order valence-electron chi connectivity index (χ1n) is 12.7. The van der Waals surface area contributed by atoms with Crippen molar-refractivity contribution in [3.8, 4) is 0 Å². The minimum atomic E-state index is 0.372. The molecule has 0 aromatic heterocycles. The van der Waals surface area contributed by atoms with E-state index in [0.29, 0.717) is 17.7 Å². The van der Waals surface area contributed by atoms with Crippen molar-refractivity contribution >= 4 is 5.91 Å². The number of amides is 1. The zero-order chi connectivity index (χ0) is 21.0. The predicted octanol–water partition coefficient (Wildman–Crippen LogP) is 8.39. The van der Waals surface area contributed by atoms with Gasteiger partial charge in [-0.3, -0.25) is 4.79 Å². The number of hydrogen-bond donors (Lipinski definition) is 0. The normalized spacial score (nSPS) is 11.5. The summed E-state index contributed by atoms with van der Waals surface area (Å²) < 4.78 is 0. The lowest BCUT2D eigenvalue weighted by molar-refractivity contribution is -0.132. The Morgan fingerprint density at radius 2 is 0.893 bits per heavy atom. The van der Waals surface area contributed by atoms with Crippen LogP contribution in [0.3, 0.4) is 0 Å². The van der Waals surface area contributed by atoms with Gasteiger partial charge in [-0.2, -0.15) is 0 Å². The van der Waals surface area contributed by atoms with E-state index in [1.54, 1.807) is 0 Å². The number of carbonyl (C=O) groups is 1. The maximum atomic E-state index is 12.5. The van der Waals surface area contributed by atoms with Crippen molar-refractivity contribution in [2.45, 2.75) is 137 Å². The molecule has 0 heterocycles. The van der Waals surface area contributed by atoms with Crippen molar-refractivity contribution < 1.29 is 4.79 Å². The summed E-state index contributed by atoms with van der Waals surface area (Å²) >= 11 is 0. The van der Waals surface area contributed by atoms with Crippen LogP contribution in [0.4, 0.5) is 0 Å². The molecule has 0 spiro atoms. The van der Waals surface area contributed by atoms with E-state index in [1.165, 1.54) is 89.9 Å². The average molecular weight is 396 g/mol. The van der Waals surface area contributed by atoms with Crippen LogP contribution in [0.15, 0.2) is 0 Å². The highest BCUT2D eigenvalue weighted by Gasteiger charge is 2.15. The summed E-state index contributed by atoms with van der Waals surface area (Å²) in [6.07, 6.45) is 21.4. The largest absolute Gasteiger partial charge is 0.342 e. The standard InChI is InChI=1S/C26H53NO/c1-6-7-8-9-10-11-12-13-14-15-16-17-18-19-20-21-26(28)27(22-24(2)3)23-25(4)5/h24-25H,6-23H2,1-5H3. The molecule has 0 aliphatic rings. The number of nitrogens with zero attached hydrogens (tertiary/aromatic N) is 1. The summed E-state index contributed by atoms with van der Waals surface area (Å²) in [6, 6.07) is 0. The molecule has 0 fully saturated rings. The number of hydrogen-bond acceptors (Lipinski definition) is 1. The van der Waals surface area contributed by atoms with E-state index in [0.717, 1.165) is 25.9 Å². The highest BCUT2D eigenvalue weighted by atomic mass is 16.2. The van der Waals surface area contributed by atoms with Gasteiger partial charge in [0, 0.05) is 19.5 Å². The third kappa shape index (κ3) is 18.8. The number of rotatable bonds is 20.